The van der Waals surface area contributed by atoms with Crippen LogP contribution in [0.1, 0.15) is 18.4 Å². The highest BCUT2D eigenvalue weighted by Gasteiger charge is 2.03. The van der Waals surface area contributed by atoms with Gasteiger partial charge in [-0.2, -0.15) is 0 Å². The highest BCUT2D eigenvalue weighted by Crippen LogP contribution is 2.15. The number of aryl methyl sites for hydroxylation is 1. The Morgan fingerprint density at radius 1 is 1.14 bits per heavy atom. The molecule has 1 rings (SSSR count). The van der Waals surface area contributed by atoms with Gasteiger partial charge in [-0.1, -0.05) is 24.3 Å². The number of ether oxygens (including phenoxy) is 1. The molecule has 1 aromatic carbocycles. The van der Waals surface area contributed by atoms with E-state index in [-0.39, 0.29) is 19.8 Å². The van der Waals surface area contributed by atoms with Crippen molar-refractivity contribution < 1.29 is 25.2 Å². The second-order valence-corrected chi connectivity index (χ2v) is 4.62. The first-order chi connectivity index (χ1) is 10.0. The fourth-order valence-corrected chi connectivity index (χ4v) is 1.36. The Balaban J connectivity index is 0.000000433. The van der Waals surface area contributed by atoms with Crippen molar-refractivity contribution >= 4 is 0 Å². The zero-order chi connectivity index (χ0) is 16.1. The first-order valence-electron chi connectivity index (χ1n) is 6.92. The monoisotopic (exact) mass is 298 g/mol. The molecule has 120 valence electrons. The molecule has 21 heavy (non-hydrogen) atoms. The van der Waals surface area contributed by atoms with Crippen molar-refractivity contribution in [2.24, 2.45) is 0 Å². The molecule has 0 aromatic heterocycles. The van der Waals surface area contributed by atoms with Crippen LogP contribution in [0, 0.1) is 6.92 Å². The summed E-state index contributed by atoms with van der Waals surface area (Å²) in [5, 5.41) is 34.6. The standard InChI is InChI=1S/C10H14O3.C6H12O2/c1-8-4-2-3-5-10(8)13-7-9(12)6-11;1-2-3-4-6(8)5-7/h2-5,9,11-12H,6-7H2,1H3;2,6-8H,1,3-5H2. The van der Waals surface area contributed by atoms with Gasteiger partial charge in [0.2, 0.25) is 0 Å². The molecule has 0 saturated heterocycles. The van der Waals surface area contributed by atoms with Crippen LogP contribution in [-0.4, -0.2) is 52.5 Å². The predicted molar refractivity (Wildman–Crippen MR) is 82.3 cm³/mol. The molecular weight excluding hydrogens is 272 g/mol. The van der Waals surface area contributed by atoms with Crippen molar-refractivity contribution in [3.8, 4) is 5.75 Å². The first-order valence-corrected chi connectivity index (χ1v) is 6.92. The molecule has 5 heteroatoms. The Kier molecular flexibility index (Phi) is 11.5. The van der Waals surface area contributed by atoms with Gasteiger partial charge in [0.15, 0.2) is 0 Å². The van der Waals surface area contributed by atoms with Crippen molar-refractivity contribution in [3.05, 3.63) is 42.5 Å². The predicted octanol–water partition coefficient (Wildman–Crippen LogP) is 1.03. The van der Waals surface area contributed by atoms with Crippen LogP contribution >= 0.6 is 0 Å². The maximum absolute atomic E-state index is 9.04. The van der Waals surface area contributed by atoms with E-state index in [0.717, 1.165) is 17.7 Å². The number of hydrogen-bond donors (Lipinski definition) is 4. The summed E-state index contributed by atoms with van der Waals surface area (Å²) in [5.41, 5.74) is 1.02. The van der Waals surface area contributed by atoms with Gasteiger partial charge in [-0.05, 0) is 31.4 Å². The van der Waals surface area contributed by atoms with Crippen molar-refractivity contribution in [2.45, 2.75) is 32.0 Å². The number of hydrogen-bond acceptors (Lipinski definition) is 5. The summed E-state index contributed by atoms with van der Waals surface area (Å²) < 4.78 is 5.28. The maximum atomic E-state index is 9.04. The molecule has 2 atom stereocenters. The van der Waals surface area contributed by atoms with E-state index in [1.165, 1.54) is 0 Å². The lowest BCUT2D eigenvalue weighted by molar-refractivity contribution is 0.0534. The molecule has 2 unspecified atom stereocenters. The highest BCUT2D eigenvalue weighted by molar-refractivity contribution is 5.31. The van der Waals surface area contributed by atoms with E-state index < -0.39 is 12.2 Å². The van der Waals surface area contributed by atoms with Crippen LogP contribution in [-0.2, 0) is 0 Å². The van der Waals surface area contributed by atoms with Gasteiger partial charge in [0.05, 0.1) is 19.3 Å². The van der Waals surface area contributed by atoms with E-state index in [1.54, 1.807) is 6.08 Å². The third-order valence-corrected chi connectivity index (χ3v) is 2.65. The summed E-state index contributed by atoms with van der Waals surface area (Å²) in [5.74, 6) is 0.745. The van der Waals surface area contributed by atoms with E-state index in [0.29, 0.717) is 6.42 Å². The fraction of sp³-hybridized carbons (Fsp3) is 0.500. The zero-order valence-corrected chi connectivity index (χ0v) is 12.5. The van der Waals surface area contributed by atoms with E-state index in [1.807, 2.05) is 31.2 Å². The Morgan fingerprint density at radius 3 is 2.29 bits per heavy atom. The third kappa shape index (κ3) is 10.0. The number of para-hydroxylation sites is 1. The molecule has 0 aliphatic rings. The van der Waals surface area contributed by atoms with Crippen LogP contribution in [0.3, 0.4) is 0 Å². The summed E-state index contributed by atoms with van der Waals surface area (Å²) in [6.07, 6.45) is 1.73. The third-order valence-electron chi connectivity index (χ3n) is 2.65. The van der Waals surface area contributed by atoms with Crippen molar-refractivity contribution in [1.82, 2.24) is 0 Å². The molecule has 0 fully saturated rings. The van der Waals surface area contributed by atoms with E-state index in [4.69, 9.17) is 25.2 Å². The van der Waals surface area contributed by atoms with Gasteiger partial charge in [-0.15, -0.1) is 6.58 Å². The largest absolute Gasteiger partial charge is 0.491 e. The molecule has 1 aromatic rings. The van der Waals surface area contributed by atoms with Gasteiger partial charge >= 0.3 is 0 Å². The number of aliphatic hydroxyl groups excluding tert-OH is 4. The SMILES string of the molecule is C=CCCC(O)CO.Cc1ccccc1OCC(O)CO. The molecule has 0 saturated carbocycles. The lowest BCUT2D eigenvalue weighted by Crippen LogP contribution is -2.21. The molecule has 0 bridgehead atoms. The van der Waals surface area contributed by atoms with Crippen LogP contribution in [0.2, 0.25) is 0 Å². The molecule has 5 nitrogen and oxygen atoms in total. The normalized spacial score (nSPS) is 12.8. The van der Waals surface area contributed by atoms with Crippen LogP contribution < -0.4 is 4.74 Å². The Bertz CT molecular complexity index is 381. The van der Waals surface area contributed by atoms with Gasteiger partial charge in [-0.3, -0.25) is 0 Å². The number of allylic oxidation sites excluding steroid dienone is 1. The lowest BCUT2D eigenvalue weighted by Gasteiger charge is -2.11. The smallest absolute Gasteiger partial charge is 0.122 e. The Labute approximate surface area is 126 Å². The van der Waals surface area contributed by atoms with E-state index in [9.17, 15) is 0 Å². The summed E-state index contributed by atoms with van der Waals surface area (Å²) in [4.78, 5) is 0. The molecule has 0 radical (unpaired) electrons. The molecule has 0 aliphatic carbocycles. The lowest BCUT2D eigenvalue weighted by atomic mass is 10.2. The van der Waals surface area contributed by atoms with E-state index in [2.05, 4.69) is 6.58 Å². The van der Waals surface area contributed by atoms with Crippen molar-refractivity contribution in [3.63, 3.8) is 0 Å². The molecule has 0 spiro atoms. The minimum absolute atomic E-state index is 0.126. The van der Waals surface area contributed by atoms with Crippen LogP contribution in [0.15, 0.2) is 36.9 Å². The summed E-state index contributed by atoms with van der Waals surface area (Å²) in [6, 6.07) is 7.55. The summed E-state index contributed by atoms with van der Waals surface area (Å²) >= 11 is 0. The van der Waals surface area contributed by atoms with Crippen LogP contribution in [0.5, 0.6) is 5.75 Å². The van der Waals surface area contributed by atoms with Gasteiger partial charge in [0, 0.05) is 0 Å². The summed E-state index contributed by atoms with van der Waals surface area (Å²) in [7, 11) is 0. The Hall–Kier alpha value is -1.40. The zero-order valence-electron chi connectivity index (χ0n) is 12.5. The second-order valence-electron chi connectivity index (χ2n) is 4.62. The number of benzene rings is 1. The Morgan fingerprint density at radius 2 is 1.76 bits per heavy atom. The maximum Gasteiger partial charge on any atom is 0.122 e. The topological polar surface area (TPSA) is 90.2 Å². The fourth-order valence-electron chi connectivity index (χ4n) is 1.36. The van der Waals surface area contributed by atoms with Crippen LogP contribution in [0.4, 0.5) is 0 Å². The molecular formula is C16H26O5. The first kappa shape index (κ1) is 19.6. The van der Waals surface area contributed by atoms with Crippen molar-refractivity contribution in [2.75, 3.05) is 19.8 Å². The van der Waals surface area contributed by atoms with E-state index >= 15 is 0 Å². The average Bonchev–Trinajstić information content (AvgIpc) is 2.52. The minimum atomic E-state index is -0.806. The quantitative estimate of drug-likeness (QED) is 0.538. The summed E-state index contributed by atoms with van der Waals surface area (Å²) in [6.45, 7) is 5.11. The molecule has 0 aliphatic heterocycles. The van der Waals surface area contributed by atoms with Gasteiger partial charge in [0.25, 0.3) is 0 Å². The molecule has 0 heterocycles. The second kappa shape index (κ2) is 12.3. The highest BCUT2D eigenvalue weighted by atomic mass is 16.5. The van der Waals surface area contributed by atoms with Crippen LogP contribution in [0.25, 0.3) is 0 Å². The van der Waals surface area contributed by atoms with Crippen molar-refractivity contribution in [1.29, 1.82) is 0 Å². The minimum Gasteiger partial charge on any atom is -0.491 e. The van der Waals surface area contributed by atoms with Gasteiger partial charge in [-0.25, -0.2) is 0 Å². The van der Waals surface area contributed by atoms with Gasteiger partial charge < -0.3 is 25.2 Å². The average molecular weight is 298 g/mol. The number of rotatable bonds is 8. The molecule has 0 amide bonds. The molecule has 4 N–H and O–H groups in total. The van der Waals surface area contributed by atoms with Gasteiger partial charge in [0.1, 0.15) is 18.5 Å². The number of aliphatic hydroxyl groups is 4.